The fourth-order valence-electron chi connectivity index (χ4n) is 12.9. The molecule has 0 radical (unpaired) electrons. The van der Waals surface area contributed by atoms with Gasteiger partial charge < -0.3 is 67.6 Å². The summed E-state index contributed by atoms with van der Waals surface area (Å²) in [4.78, 5) is 0. The molecule has 126 heavy (non-hydrogen) atoms. The highest BCUT2D eigenvalue weighted by atomic mass is 127. The van der Waals surface area contributed by atoms with Crippen LogP contribution in [0.3, 0.4) is 0 Å². The largest absolute Gasteiger partial charge is 0.497 e. The van der Waals surface area contributed by atoms with Gasteiger partial charge in [0.2, 0.25) is 0 Å². The lowest BCUT2D eigenvalue weighted by Crippen LogP contribution is -2.68. The number of methoxy groups -OCH3 is 1. The summed E-state index contributed by atoms with van der Waals surface area (Å²) < 4.78 is 122. The molecule has 15 nitrogen and oxygen atoms in total. The molecule has 0 unspecified atom stereocenters. The van der Waals surface area contributed by atoms with Crippen LogP contribution in [0.15, 0.2) is 46.1 Å². The standard InChI is InChI=1S/C99H205IO15Si11/c1-70(59-64-74(105-116(37,38)89(3,4)5)75-66-78(107-118(41,42)91(9,10)11)84(113-124(53,54)97(27,28)29)87(103-75)83(112-123(51,52)96(24,25)26)77(65-71(2)100)106-117(39,40)90(6,7)8)81(110-121(47,48)94(18,19)20)82(111-122(49,50)95(21,22)23)76-67-79(108-119(43,44)92(12,13)14)85(114-125(55,56)98(30,31)32)88(104-76)86(115-126(57,58)99(33,34)35)80(109-120(45,46)93(15,16)17)69-102-68-72-60-62-73(101-36)63-61-72/h60-63,65,74-88H,1,59,64,66-69H2,2-58H3/b71-65+/t74-,75-,76-,77-,78-,79-,80+,81-,82+,83+,84-,85-,86+,87+,88-/m1/s1. The predicted molar refractivity (Wildman–Crippen MR) is 578 cm³/mol. The summed E-state index contributed by atoms with van der Waals surface area (Å²) >= 11 is 2.50. The van der Waals surface area contributed by atoms with Gasteiger partial charge in [-0.05, 0) is 275 Å². The van der Waals surface area contributed by atoms with Gasteiger partial charge in [-0.1, -0.05) is 247 Å². The molecule has 2 aliphatic heterocycles. The van der Waals surface area contributed by atoms with Crippen molar-refractivity contribution in [3.05, 3.63) is 51.6 Å². The average Bonchev–Trinajstić information content (AvgIpc) is 0.749. The zero-order valence-electron chi connectivity index (χ0n) is 93.0. The number of rotatable bonds is 39. The fraction of sp³-hybridized carbons (Fsp3) is 0.899. The molecule has 2 aliphatic rings. The molecule has 2 heterocycles. The average molecular weight is 2070 g/mol. The van der Waals surface area contributed by atoms with Crippen molar-refractivity contribution in [3.63, 3.8) is 0 Å². The zero-order valence-corrected chi connectivity index (χ0v) is 106. The molecular weight excluding hydrogens is 1860 g/mol. The van der Waals surface area contributed by atoms with Crippen LogP contribution in [0, 0.1) is 0 Å². The van der Waals surface area contributed by atoms with Gasteiger partial charge in [0.05, 0.1) is 81.4 Å². The second-order valence-electron chi connectivity index (χ2n) is 55.1. The number of allylic oxidation sites excluding steroid dienone is 1. The van der Waals surface area contributed by atoms with E-state index in [2.05, 4.69) is 420 Å². The number of hydrogen-bond donors (Lipinski definition) is 0. The van der Waals surface area contributed by atoms with Crippen molar-refractivity contribution in [2.24, 2.45) is 0 Å². The van der Waals surface area contributed by atoms with Crippen LogP contribution >= 0.6 is 22.6 Å². The zero-order chi connectivity index (χ0) is 99.4. The molecule has 0 spiro atoms. The van der Waals surface area contributed by atoms with E-state index in [4.69, 9.17) is 74.2 Å². The van der Waals surface area contributed by atoms with Gasteiger partial charge in [-0.3, -0.25) is 0 Å². The molecule has 2 saturated heterocycles. The van der Waals surface area contributed by atoms with Crippen molar-refractivity contribution in [2.45, 2.75) is 559 Å². The van der Waals surface area contributed by atoms with Crippen LogP contribution in [0.2, 0.25) is 199 Å². The van der Waals surface area contributed by atoms with Gasteiger partial charge >= 0.3 is 0 Å². The fourth-order valence-corrected chi connectivity index (χ4v) is 27.8. The van der Waals surface area contributed by atoms with Crippen molar-refractivity contribution >= 4 is 114 Å². The van der Waals surface area contributed by atoms with Gasteiger partial charge in [0.25, 0.3) is 0 Å². The first-order valence-corrected chi connectivity index (χ1v) is 81.4. The van der Waals surface area contributed by atoms with Gasteiger partial charge in [-0.2, -0.15) is 0 Å². The van der Waals surface area contributed by atoms with Gasteiger partial charge in [0.15, 0.2) is 91.5 Å². The van der Waals surface area contributed by atoms with Crippen molar-refractivity contribution in [1.82, 2.24) is 0 Å². The summed E-state index contributed by atoms with van der Waals surface area (Å²) in [5.41, 5.74) is 1.96. The smallest absolute Gasteiger partial charge is 0.193 e. The molecule has 1 aromatic rings. The minimum absolute atomic E-state index is 0.128. The summed E-state index contributed by atoms with van der Waals surface area (Å²) in [7, 11) is -28.4. The van der Waals surface area contributed by atoms with Crippen LogP contribution < -0.4 is 4.74 Å². The predicted octanol–water partition coefficient (Wildman–Crippen LogP) is 31.5. The van der Waals surface area contributed by atoms with Crippen LogP contribution in [-0.2, 0) is 69.5 Å². The monoisotopic (exact) mass is 2070 g/mol. The molecule has 0 N–H and O–H groups in total. The van der Waals surface area contributed by atoms with E-state index in [1.54, 1.807) is 7.11 Å². The topological polar surface area (TPSA) is 138 Å². The Kier molecular flexibility index (Phi) is 40.6. The van der Waals surface area contributed by atoms with Crippen LogP contribution in [0.4, 0.5) is 0 Å². The maximum Gasteiger partial charge on any atom is 0.193 e. The van der Waals surface area contributed by atoms with Crippen molar-refractivity contribution in [2.75, 3.05) is 13.7 Å². The second kappa shape index (κ2) is 42.2. The number of hydrogen-bond acceptors (Lipinski definition) is 15. The molecule has 27 heteroatoms. The first-order valence-electron chi connectivity index (χ1n) is 48.3. The quantitative estimate of drug-likeness (QED) is 0.0351. The van der Waals surface area contributed by atoms with Gasteiger partial charge in [0.1, 0.15) is 36.3 Å². The Balaban J connectivity index is 2.98. The molecule has 0 saturated carbocycles. The molecule has 0 aromatic heterocycles. The maximum atomic E-state index is 8.69. The van der Waals surface area contributed by atoms with Gasteiger partial charge in [-0.15, -0.1) is 0 Å². The molecule has 0 amide bonds. The Morgan fingerprint density at radius 1 is 0.381 bits per heavy atom. The third-order valence-corrected chi connectivity index (χ3v) is 83.0. The number of ether oxygens (including phenoxy) is 4. The molecule has 2 fully saturated rings. The van der Waals surface area contributed by atoms with E-state index in [9.17, 15) is 0 Å². The lowest BCUT2D eigenvalue weighted by Gasteiger charge is -2.56. The minimum Gasteiger partial charge on any atom is -0.497 e. The third-order valence-electron chi connectivity index (χ3n) is 33.3. The van der Waals surface area contributed by atoms with Crippen molar-refractivity contribution < 1.29 is 67.6 Å². The van der Waals surface area contributed by atoms with E-state index in [-0.39, 0.29) is 62.0 Å². The summed E-state index contributed by atoms with van der Waals surface area (Å²) in [5, 5.41) is -2.16. The Morgan fingerprint density at radius 3 is 1.02 bits per heavy atom. The van der Waals surface area contributed by atoms with Gasteiger partial charge in [-0.25, -0.2) is 0 Å². The molecule has 742 valence electrons. The van der Waals surface area contributed by atoms with Crippen LogP contribution in [0.1, 0.15) is 267 Å². The summed E-state index contributed by atoms with van der Waals surface area (Å²) in [5.74, 6) is 0.794. The van der Waals surface area contributed by atoms with Crippen LogP contribution in [-0.4, -0.2) is 197 Å². The van der Waals surface area contributed by atoms with Gasteiger partial charge in [0, 0.05) is 12.8 Å². The highest BCUT2D eigenvalue weighted by molar-refractivity contribution is 14.1. The second-order valence-corrected chi connectivity index (χ2v) is 109. The summed E-state index contributed by atoms with van der Waals surface area (Å²) in [6.07, 6.45) is -4.73. The molecule has 0 aliphatic carbocycles. The van der Waals surface area contributed by atoms with Crippen LogP contribution in [0.25, 0.3) is 0 Å². The maximum absolute atomic E-state index is 8.69. The first-order chi connectivity index (χ1) is 55.3. The summed E-state index contributed by atoms with van der Waals surface area (Å²) in [6.45, 7) is 138. The lowest BCUT2D eigenvalue weighted by atomic mass is 9.87. The molecular formula is C99H205IO15Si11. The van der Waals surface area contributed by atoms with Crippen LogP contribution in [0.5, 0.6) is 5.75 Å². The van der Waals surface area contributed by atoms with E-state index in [1.165, 1.54) is 0 Å². The Morgan fingerprint density at radius 2 is 0.675 bits per heavy atom. The number of benzene rings is 1. The normalized spacial score (nSPS) is 23.1. The Hall–Kier alpha value is 1.06. The SMILES string of the molecule is C=C(CC[C@@H](O[Si](C)(C)C(C)(C)C)[C@H]1C[C@@H](O[Si](C)(C)C(C)(C)C)[C@@H](O[Si](C)(C)C(C)(C)C)[C@H]([C@@H](O[Si](C)(C)C(C)(C)C)[C@@H](/C=C(\C)I)O[Si](C)(C)C(C)(C)C)O1)[C@@H](O[Si](C)(C)C(C)(C)C)[C@@H](O[Si](C)(C)C(C)(C)C)[C@H]1C[C@@H](O[Si](C)(C)C(C)(C)C)[C@@H](O[Si](C)(C)C(C)(C)C)[C@H]([C@@H](O[Si](C)(C)C(C)(C)C)[C@H](COCc2ccc(OC)cc2)O[Si](C)(C)C(C)(C)C)O1. The highest BCUT2D eigenvalue weighted by Crippen LogP contribution is 2.54. The van der Waals surface area contributed by atoms with E-state index >= 15 is 0 Å². The Bertz CT molecular complexity index is 3610. The molecule has 15 atom stereocenters. The third kappa shape index (κ3) is 31.8. The minimum atomic E-state index is -2.89. The van der Waals surface area contributed by atoms with E-state index < -0.39 is 183 Å². The molecule has 0 bridgehead atoms. The molecule has 3 rings (SSSR count). The lowest BCUT2D eigenvalue weighted by molar-refractivity contribution is -0.227. The van der Waals surface area contributed by atoms with Crippen molar-refractivity contribution in [3.8, 4) is 5.75 Å². The molecule has 1 aromatic carbocycles. The summed E-state index contributed by atoms with van der Waals surface area (Å²) in [6, 6.07) is 8.19. The van der Waals surface area contributed by atoms with E-state index in [0.717, 1.165) is 20.5 Å². The Labute approximate surface area is 804 Å². The van der Waals surface area contributed by atoms with E-state index in [1.807, 2.05) is 12.1 Å². The van der Waals surface area contributed by atoms with Crippen molar-refractivity contribution in [1.29, 1.82) is 0 Å². The van der Waals surface area contributed by atoms with E-state index in [0.29, 0.717) is 32.3 Å². The first kappa shape index (κ1) is 121. The highest BCUT2D eigenvalue weighted by Gasteiger charge is 2.62. The number of halogens is 1.